The first kappa shape index (κ1) is 37.9. The summed E-state index contributed by atoms with van der Waals surface area (Å²) in [5, 5.41) is 12.3. The Labute approximate surface area is 319 Å². The molecule has 1 heterocycles. The Morgan fingerprint density at radius 1 is 0.741 bits per heavy atom. The van der Waals surface area contributed by atoms with Crippen LogP contribution in [0.4, 0.5) is 0 Å². The third kappa shape index (κ3) is 8.06. The SMILES string of the molecule is C=C(C)C(=O)OCCOc1ccc(-c2c(O)oc3c(C(C)(C)C)cc(C(C)(C)C)cc23)cc1C(=C)c1ccc(C(c2ccccc2)c2ccccc2)cc1. The molecule has 276 valence electrons. The van der Waals surface area contributed by atoms with Gasteiger partial charge in [0, 0.05) is 28.0 Å². The number of hydrogen-bond donors (Lipinski definition) is 1. The van der Waals surface area contributed by atoms with Gasteiger partial charge < -0.3 is 19.0 Å². The first-order chi connectivity index (χ1) is 25.6. The van der Waals surface area contributed by atoms with Gasteiger partial charge in [-0.05, 0) is 74.9 Å². The molecule has 0 saturated heterocycles. The molecule has 0 amide bonds. The molecule has 0 radical (unpaired) electrons. The number of carbonyl (C=O) groups excluding carboxylic acids is 1. The summed E-state index contributed by atoms with van der Waals surface area (Å²) in [5.74, 6) is 0.0288. The van der Waals surface area contributed by atoms with Gasteiger partial charge in [-0.3, -0.25) is 0 Å². The van der Waals surface area contributed by atoms with Crippen LogP contribution in [-0.4, -0.2) is 24.3 Å². The van der Waals surface area contributed by atoms with Gasteiger partial charge in [0.25, 0.3) is 5.95 Å². The minimum absolute atomic E-state index is 0.0622. The highest BCUT2D eigenvalue weighted by Crippen LogP contribution is 2.47. The highest BCUT2D eigenvalue weighted by molar-refractivity contribution is 6.00. The molecular formula is C49H50O5. The van der Waals surface area contributed by atoms with Crippen LogP contribution in [0.5, 0.6) is 11.7 Å². The zero-order valence-corrected chi connectivity index (χ0v) is 32.5. The molecular weight excluding hydrogens is 669 g/mol. The van der Waals surface area contributed by atoms with E-state index in [0.717, 1.165) is 44.3 Å². The number of hydrogen-bond acceptors (Lipinski definition) is 5. The summed E-state index contributed by atoms with van der Waals surface area (Å²) in [4.78, 5) is 12.0. The van der Waals surface area contributed by atoms with E-state index in [1.165, 1.54) is 11.1 Å². The van der Waals surface area contributed by atoms with Crippen LogP contribution in [0.2, 0.25) is 0 Å². The molecule has 0 unspecified atom stereocenters. The van der Waals surface area contributed by atoms with Crippen molar-refractivity contribution in [2.75, 3.05) is 13.2 Å². The smallest absolute Gasteiger partial charge is 0.333 e. The number of furan rings is 1. The van der Waals surface area contributed by atoms with Crippen molar-refractivity contribution in [1.82, 2.24) is 0 Å². The summed E-state index contributed by atoms with van der Waals surface area (Å²) in [6.07, 6.45) is 0. The van der Waals surface area contributed by atoms with Crippen LogP contribution in [0, 0.1) is 0 Å². The Morgan fingerprint density at radius 3 is 1.89 bits per heavy atom. The van der Waals surface area contributed by atoms with Crippen molar-refractivity contribution in [3.63, 3.8) is 0 Å². The van der Waals surface area contributed by atoms with E-state index >= 15 is 0 Å². The van der Waals surface area contributed by atoms with Gasteiger partial charge in [0.2, 0.25) is 0 Å². The maximum Gasteiger partial charge on any atom is 0.333 e. The van der Waals surface area contributed by atoms with Gasteiger partial charge in [-0.15, -0.1) is 0 Å². The number of aromatic hydroxyl groups is 1. The van der Waals surface area contributed by atoms with E-state index in [2.05, 4.69) is 140 Å². The van der Waals surface area contributed by atoms with Crippen LogP contribution in [-0.2, 0) is 20.4 Å². The second-order valence-corrected chi connectivity index (χ2v) is 16.0. The summed E-state index contributed by atoms with van der Waals surface area (Å²) >= 11 is 0. The minimum atomic E-state index is -0.463. The number of esters is 1. The van der Waals surface area contributed by atoms with Crippen molar-refractivity contribution in [2.24, 2.45) is 0 Å². The molecule has 0 aliphatic carbocycles. The van der Waals surface area contributed by atoms with E-state index in [9.17, 15) is 9.90 Å². The van der Waals surface area contributed by atoms with Gasteiger partial charge >= 0.3 is 5.97 Å². The topological polar surface area (TPSA) is 68.9 Å². The Hall–Kier alpha value is -5.81. The number of carbonyl (C=O) groups is 1. The lowest BCUT2D eigenvalue weighted by molar-refractivity contribution is -0.139. The van der Waals surface area contributed by atoms with Crippen molar-refractivity contribution in [2.45, 2.75) is 65.2 Å². The molecule has 0 atom stereocenters. The van der Waals surface area contributed by atoms with Crippen LogP contribution < -0.4 is 4.74 Å². The average Bonchev–Trinajstić information content (AvgIpc) is 3.48. The normalized spacial score (nSPS) is 11.9. The highest BCUT2D eigenvalue weighted by atomic mass is 16.6. The maximum absolute atomic E-state index is 12.0. The quantitative estimate of drug-likeness (QED) is 0.0625. The fourth-order valence-electron chi connectivity index (χ4n) is 6.81. The van der Waals surface area contributed by atoms with E-state index in [-0.39, 0.29) is 35.9 Å². The lowest BCUT2D eigenvalue weighted by atomic mass is 9.79. The van der Waals surface area contributed by atoms with E-state index < -0.39 is 5.97 Å². The Bertz CT molecular complexity index is 2260. The maximum atomic E-state index is 12.0. The lowest BCUT2D eigenvalue weighted by Gasteiger charge is -2.25. The van der Waals surface area contributed by atoms with Gasteiger partial charge in [0.15, 0.2) is 0 Å². The fourth-order valence-corrected chi connectivity index (χ4v) is 6.81. The highest BCUT2D eigenvalue weighted by Gasteiger charge is 2.28. The lowest BCUT2D eigenvalue weighted by Crippen LogP contribution is -2.16. The monoisotopic (exact) mass is 718 g/mol. The molecule has 0 fully saturated rings. The molecule has 0 bridgehead atoms. The Morgan fingerprint density at radius 2 is 1.33 bits per heavy atom. The van der Waals surface area contributed by atoms with Crippen LogP contribution in [0.1, 0.15) is 93.3 Å². The largest absolute Gasteiger partial charge is 0.489 e. The third-order valence-corrected chi connectivity index (χ3v) is 9.82. The van der Waals surface area contributed by atoms with Crippen LogP contribution in [0.3, 0.4) is 0 Å². The van der Waals surface area contributed by atoms with Gasteiger partial charge in [0.05, 0.1) is 5.56 Å². The van der Waals surface area contributed by atoms with Crippen molar-refractivity contribution in [3.8, 4) is 22.8 Å². The molecule has 0 saturated carbocycles. The predicted molar refractivity (Wildman–Crippen MR) is 220 cm³/mol. The minimum Gasteiger partial charge on any atom is -0.489 e. The summed E-state index contributed by atoms with van der Waals surface area (Å²) in [7, 11) is 0. The molecule has 0 aliphatic rings. The molecule has 5 heteroatoms. The molecule has 5 nitrogen and oxygen atoms in total. The van der Waals surface area contributed by atoms with Gasteiger partial charge in [-0.25, -0.2) is 4.79 Å². The van der Waals surface area contributed by atoms with Crippen LogP contribution in [0.15, 0.2) is 138 Å². The van der Waals surface area contributed by atoms with Crippen LogP contribution in [0.25, 0.3) is 27.7 Å². The van der Waals surface area contributed by atoms with Crippen molar-refractivity contribution in [3.05, 3.63) is 173 Å². The number of ether oxygens (including phenoxy) is 2. The Kier molecular flexibility index (Phi) is 10.7. The third-order valence-electron chi connectivity index (χ3n) is 9.82. The average molecular weight is 719 g/mol. The predicted octanol–water partition coefficient (Wildman–Crippen LogP) is 12.1. The van der Waals surface area contributed by atoms with Gasteiger partial charge in [0.1, 0.15) is 24.5 Å². The van der Waals surface area contributed by atoms with Gasteiger partial charge in [-0.1, -0.05) is 152 Å². The second kappa shape index (κ2) is 15.3. The van der Waals surface area contributed by atoms with E-state index in [0.29, 0.717) is 22.5 Å². The number of benzene rings is 5. The molecule has 0 spiro atoms. The first-order valence-corrected chi connectivity index (χ1v) is 18.4. The molecule has 1 N–H and O–H groups in total. The summed E-state index contributed by atoms with van der Waals surface area (Å²) in [6, 6.07) is 39.6. The second-order valence-electron chi connectivity index (χ2n) is 16.0. The van der Waals surface area contributed by atoms with Crippen molar-refractivity contribution >= 4 is 22.5 Å². The van der Waals surface area contributed by atoms with Gasteiger partial charge in [-0.2, -0.15) is 0 Å². The molecule has 6 aromatic rings. The molecule has 6 rings (SSSR count). The summed E-state index contributed by atoms with van der Waals surface area (Å²) < 4.78 is 17.7. The molecule has 54 heavy (non-hydrogen) atoms. The molecule has 0 aliphatic heterocycles. The Balaban J connectivity index is 1.43. The van der Waals surface area contributed by atoms with Crippen molar-refractivity contribution in [1.29, 1.82) is 0 Å². The fraction of sp³-hybridized carbons (Fsp3) is 0.245. The number of fused-ring (bicyclic) bond motifs is 1. The van der Waals surface area contributed by atoms with E-state index in [1.54, 1.807) is 6.92 Å². The van der Waals surface area contributed by atoms with Crippen LogP contribution >= 0.6 is 0 Å². The standard InChI is InChI=1S/C49H50O5/c1-31(2)46(50)53-27-26-52-42-25-24-37(44-40-29-38(48(4,5)6)30-41(49(7,8)9)45(40)54-47(44)51)28-39(42)32(3)33-20-22-36(23-21-33)43(34-16-12-10-13-17-34)35-18-14-11-15-19-35/h10-25,28-30,43,51H,1,3,26-27H2,2,4-9H3. The van der Waals surface area contributed by atoms with E-state index in [1.807, 2.05) is 30.3 Å². The van der Waals surface area contributed by atoms with E-state index in [4.69, 9.17) is 13.9 Å². The zero-order chi connectivity index (χ0) is 38.8. The summed E-state index contributed by atoms with van der Waals surface area (Å²) in [5.41, 5.74) is 10.2. The number of rotatable bonds is 11. The first-order valence-electron chi connectivity index (χ1n) is 18.4. The molecule has 5 aromatic carbocycles. The van der Waals surface area contributed by atoms with Crippen molar-refractivity contribution < 1.29 is 23.8 Å². The molecule has 1 aromatic heterocycles. The summed E-state index contributed by atoms with van der Waals surface area (Å²) in [6.45, 7) is 23.1. The zero-order valence-electron chi connectivity index (χ0n) is 32.5.